The molecule has 0 unspecified atom stereocenters. The molecule has 0 saturated carbocycles. The molecular formula is C16H18ClFN4O. The Balaban J connectivity index is 1.79. The number of halogens is 2. The van der Waals surface area contributed by atoms with Crippen molar-refractivity contribution in [2.24, 2.45) is 4.99 Å². The Kier molecular flexibility index (Phi) is 6.17. The lowest BCUT2D eigenvalue weighted by atomic mass is 10.2. The maximum atomic E-state index is 13.3. The number of aromatic hydroxyl groups is 1. The molecule has 0 aliphatic carbocycles. The van der Waals surface area contributed by atoms with Crippen molar-refractivity contribution in [1.82, 2.24) is 15.6 Å². The van der Waals surface area contributed by atoms with Gasteiger partial charge >= 0.3 is 0 Å². The van der Waals surface area contributed by atoms with E-state index in [-0.39, 0.29) is 5.75 Å². The minimum absolute atomic E-state index is 0.354. The van der Waals surface area contributed by atoms with Crippen molar-refractivity contribution in [3.63, 3.8) is 0 Å². The van der Waals surface area contributed by atoms with Gasteiger partial charge in [0.15, 0.2) is 17.5 Å². The number of hydrogen-bond acceptors (Lipinski definition) is 3. The van der Waals surface area contributed by atoms with E-state index in [2.05, 4.69) is 20.6 Å². The molecule has 2 aromatic rings. The predicted octanol–water partition coefficient (Wildman–Crippen LogP) is 2.49. The lowest BCUT2D eigenvalue weighted by molar-refractivity contribution is 0.431. The number of aliphatic imine (C=N–C) groups is 1. The first-order valence-electron chi connectivity index (χ1n) is 7.11. The van der Waals surface area contributed by atoms with Gasteiger partial charge in [-0.15, -0.1) is 0 Å². The van der Waals surface area contributed by atoms with Gasteiger partial charge in [-0.3, -0.25) is 4.99 Å². The van der Waals surface area contributed by atoms with Crippen LogP contribution in [0.2, 0.25) is 5.15 Å². The van der Waals surface area contributed by atoms with Gasteiger partial charge in [0.05, 0.1) is 0 Å². The smallest absolute Gasteiger partial charge is 0.191 e. The van der Waals surface area contributed by atoms with Crippen LogP contribution in [0.4, 0.5) is 4.39 Å². The fraction of sp³-hybridized carbons (Fsp3) is 0.250. The van der Waals surface area contributed by atoms with Crippen molar-refractivity contribution < 1.29 is 9.50 Å². The summed E-state index contributed by atoms with van der Waals surface area (Å²) in [4.78, 5) is 8.13. The van der Waals surface area contributed by atoms with Crippen LogP contribution in [-0.4, -0.2) is 29.6 Å². The van der Waals surface area contributed by atoms with E-state index in [1.807, 2.05) is 6.07 Å². The zero-order chi connectivity index (χ0) is 16.7. The Morgan fingerprint density at radius 2 is 2.04 bits per heavy atom. The summed E-state index contributed by atoms with van der Waals surface area (Å²) in [7, 11) is 1.66. The summed E-state index contributed by atoms with van der Waals surface area (Å²) >= 11 is 5.74. The van der Waals surface area contributed by atoms with E-state index in [4.69, 9.17) is 16.7 Å². The second-order valence-electron chi connectivity index (χ2n) is 4.88. The summed E-state index contributed by atoms with van der Waals surface area (Å²) in [5.41, 5.74) is 1.78. The number of nitrogens with zero attached hydrogens (tertiary/aromatic N) is 2. The summed E-state index contributed by atoms with van der Waals surface area (Å²) in [6, 6.07) is 7.94. The van der Waals surface area contributed by atoms with Gasteiger partial charge < -0.3 is 15.7 Å². The first kappa shape index (κ1) is 17.0. The average Bonchev–Trinajstić information content (AvgIpc) is 2.55. The Labute approximate surface area is 139 Å². The Morgan fingerprint density at radius 1 is 1.26 bits per heavy atom. The number of phenols is 1. The molecule has 1 aromatic carbocycles. The van der Waals surface area contributed by atoms with E-state index < -0.39 is 5.82 Å². The highest BCUT2D eigenvalue weighted by molar-refractivity contribution is 6.29. The maximum absolute atomic E-state index is 13.3. The van der Waals surface area contributed by atoms with Gasteiger partial charge in [-0.2, -0.15) is 0 Å². The molecule has 1 aromatic heterocycles. The Hall–Kier alpha value is -2.34. The molecule has 0 bridgehead atoms. The number of pyridine rings is 1. The van der Waals surface area contributed by atoms with Crippen molar-refractivity contribution in [2.75, 3.05) is 13.6 Å². The average molecular weight is 337 g/mol. The summed E-state index contributed by atoms with van der Waals surface area (Å²) in [6.07, 6.45) is 2.51. The predicted molar refractivity (Wildman–Crippen MR) is 89.2 cm³/mol. The van der Waals surface area contributed by atoms with Crippen LogP contribution in [0.25, 0.3) is 0 Å². The van der Waals surface area contributed by atoms with Crippen molar-refractivity contribution in [1.29, 1.82) is 0 Å². The molecular weight excluding hydrogens is 319 g/mol. The highest BCUT2D eigenvalue weighted by Crippen LogP contribution is 2.15. The maximum Gasteiger partial charge on any atom is 0.191 e. The van der Waals surface area contributed by atoms with Crippen LogP contribution in [0.5, 0.6) is 5.75 Å². The van der Waals surface area contributed by atoms with Crippen molar-refractivity contribution in [3.05, 3.63) is 58.6 Å². The molecule has 1 heterocycles. The molecule has 122 valence electrons. The zero-order valence-corrected chi connectivity index (χ0v) is 13.4. The lowest BCUT2D eigenvalue weighted by Crippen LogP contribution is -2.37. The van der Waals surface area contributed by atoms with Gasteiger partial charge in [0.25, 0.3) is 0 Å². The summed E-state index contributed by atoms with van der Waals surface area (Å²) in [6.45, 7) is 1.08. The van der Waals surface area contributed by atoms with Crippen LogP contribution in [0.3, 0.4) is 0 Å². The highest BCUT2D eigenvalue weighted by atomic mass is 35.5. The second kappa shape index (κ2) is 8.33. The molecule has 5 nitrogen and oxygen atoms in total. The van der Waals surface area contributed by atoms with Crippen LogP contribution in [0.15, 0.2) is 41.5 Å². The van der Waals surface area contributed by atoms with Crippen LogP contribution in [0.1, 0.15) is 11.1 Å². The van der Waals surface area contributed by atoms with Crippen molar-refractivity contribution >= 4 is 17.6 Å². The molecule has 0 aliphatic heterocycles. The molecule has 23 heavy (non-hydrogen) atoms. The summed E-state index contributed by atoms with van der Waals surface area (Å²) in [5, 5.41) is 15.9. The summed E-state index contributed by atoms with van der Waals surface area (Å²) in [5.74, 6) is -0.379. The zero-order valence-electron chi connectivity index (χ0n) is 12.7. The van der Waals surface area contributed by atoms with E-state index in [1.165, 1.54) is 12.1 Å². The molecule has 0 fully saturated rings. The van der Waals surface area contributed by atoms with Crippen LogP contribution in [-0.2, 0) is 13.0 Å². The Morgan fingerprint density at radius 3 is 2.70 bits per heavy atom. The second-order valence-corrected chi connectivity index (χ2v) is 5.26. The lowest BCUT2D eigenvalue weighted by Gasteiger charge is -2.12. The monoisotopic (exact) mass is 336 g/mol. The van der Waals surface area contributed by atoms with E-state index in [0.29, 0.717) is 29.8 Å². The van der Waals surface area contributed by atoms with Crippen molar-refractivity contribution in [3.8, 4) is 5.75 Å². The molecule has 7 heteroatoms. The normalized spacial score (nSPS) is 11.3. The van der Waals surface area contributed by atoms with E-state index in [0.717, 1.165) is 12.0 Å². The van der Waals surface area contributed by atoms with Crippen LogP contribution < -0.4 is 10.6 Å². The Bertz CT molecular complexity index is 676. The fourth-order valence-corrected chi connectivity index (χ4v) is 2.06. The molecule has 0 spiro atoms. The fourth-order valence-electron chi connectivity index (χ4n) is 1.95. The number of guanidine groups is 1. The largest absolute Gasteiger partial charge is 0.505 e. The highest BCUT2D eigenvalue weighted by Gasteiger charge is 2.03. The molecule has 0 amide bonds. The first-order valence-corrected chi connectivity index (χ1v) is 7.48. The number of hydrogen-bond donors (Lipinski definition) is 3. The molecule has 0 aliphatic rings. The number of phenolic OH excluding ortho intramolecular Hbond substituents is 1. The number of benzene rings is 1. The van der Waals surface area contributed by atoms with Gasteiger partial charge in [0.2, 0.25) is 0 Å². The number of aromatic nitrogens is 1. The van der Waals surface area contributed by atoms with E-state index in [9.17, 15) is 4.39 Å². The number of nitrogens with one attached hydrogen (secondary N) is 2. The molecule has 0 atom stereocenters. The molecule has 0 saturated heterocycles. The topological polar surface area (TPSA) is 69.5 Å². The van der Waals surface area contributed by atoms with Gasteiger partial charge in [0.1, 0.15) is 5.15 Å². The first-order chi connectivity index (χ1) is 11.1. The van der Waals surface area contributed by atoms with E-state index >= 15 is 0 Å². The SMILES string of the molecule is CN=C(NCCc1ccc(Cl)nc1)NCc1ccc(O)c(F)c1. The minimum atomic E-state index is -0.637. The third-order valence-corrected chi connectivity index (χ3v) is 3.41. The molecule has 2 rings (SSSR count). The van der Waals surface area contributed by atoms with Crippen LogP contribution in [0, 0.1) is 5.82 Å². The van der Waals surface area contributed by atoms with Gasteiger partial charge in [-0.25, -0.2) is 9.37 Å². The van der Waals surface area contributed by atoms with Gasteiger partial charge in [-0.1, -0.05) is 23.7 Å². The number of rotatable bonds is 5. The third kappa shape index (κ3) is 5.41. The summed E-state index contributed by atoms with van der Waals surface area (Å²) < 4.78 is 13.3. The molecule has 3 N–H and O–H groups in total. The van der Waals surface area contributed by atoms with Gasteiger partial charge in [-0.05, 0) is 35.7 Å². The van der Waals surface area contributed by atoms with Crippen LogP contribution >= 0.6 is 11.6 Å². The minimum Gasteiger partial charge on any atom is -0.505 e. The van der Waals surface area contributed by atoms with Gasteiger partial charge in [0, 0.05) is 26.3 Å². The standard InChI is InChI=1S/C16H18ClFN4O/c1-19-16(20-7-6-11-3-5-15(17)21-9-11)22-10-12-2-4-14(23)13(18)8-12/h2-5,8-9,23H,6-7,10H2,1H3,(H2,19,20,22). The van der Waals surface area contributed by atoms with Crippen molar-refractivity contribution in [2.45, 2.75) is 13.0 Å². The molecule has 0 radical (unpaired) electrons. The quantitative estimate of drug-likeness (QED) is 0.446. The third-order valence-electron chi connectivity index (χ3n) is 3.19. The van der Waals surface area contributed by atoms with E-state index in [1.54, 1.807) is 25.4 Å².